The van der Waals surface area contributed by atoms with Gasteiger partial charge in [0, 0.05) is 12.8 Å². The summed E-state index contributed by atoms with van der Waals surface area (Å²) < 4.78 is 16.5. The van der Waals surface area contributed by atoms with Crippen LogP contribution in [0.4, 0.5) is 0 Å². The Morgan fingerprint density at radius 2 is 2.16 bits per heavy atom. The summed E-state index contributed by atoms with van der Waals surface area (Å²) >= 11 is 5.61. The molecule has 0 bridgehead atoms. The lowest BCUT2D eigenvalue weighted by Gasteiger charge is -2.24. The minimum Gasteiger partial charge on any atom is -0.497 e. The van der Waals surface area contributed by atoms with Crippen LogP contribution in [0.2, 0.25) is 0 Å². The lowest BCUT2D eigenvalue weighted by molar-refractivity contribution is 0.0254. The molecular weight excluding hydrogens is 264 g/mol. The van der Waals surface area contributed by atoms with Crippen LogP contribution >= 0.6 is 11.6 Å². The Morgan fingerprint density at radius 3 is 2.84 bits per heavy atom. The van der Waals surface area contributed by atoms with Crippen molar-refractivity contribution in [2.45, 2.75) is 18.9 Å². The maximum atomic E-state index is 6.00. The van der Waals surface area contributed by atoms with Crippen molar-refractivity contribution in [1.82, 2.24) is 0 Å². The predicted octanol–water partition coefficient (Wildman–Crippen LogP) is 2.84. The second kappa shape index (κ2) is 7.28. The van der Waals surface area contributed by atoms with Crippen LogP contribution in [0, 0.1) is 11.8 Å². The van der Waals surface area contributed by atoms with Gasteiger partial charge in [0.15, 0.2) is 0 Å². The summed E-state index contributed by atoms with van der Waals surface area (Å²) in [6.07, 6.45) is 2.02. The van der Waals surface area contributed by atoms with Crippen LogP contribution in [0.25, 0.3) is 0 Å². The molecule has 1 saturated heterocycles. The third-order valence-electron chi connectivity index (χ3n) is 2.94. The molecule has 0 unspecified atom stereocenters. The number of halogens is 1. The largest absolute Gasteiger partial charge is 0.497 e. The van der Waals surface area contributed by atoms with Crippen molar-refractivity contribution in [3.05, 3.63) is 23.8 Å². The Balaban J connectivity index is 2.17. The van der Waals surface area contributed by atoms with Gasteiger partial charge in [-0.2, -0.15) is 0 Å². The second-order valence-electron chi connectivity index (χ2n) is 4.23. The maximum absolute atomic E-state index is 6.00. The smallest absolute Gasteiger partial charge is 0.135 e. The number of benzene rings is 1. The molecule has 1 fully saturated rings. The first-order chi connectivity index (χ1) is 9.33. The summed E-state index contributed by atoms with van der Waals surface area (Å²) in [4.78, 5) is 0. The Labute approximate surface area is 118 Å². The van der Waals surface area contributed by atoms with Crippen LogP contribution in [0.5, 0.6) is 11.5 Å². The van der Waals surface area contributed by atoms with Crippen molar-refractivity contribution >= 4 is 11.6 Å². The molecule has 1 aromatic carbocycles. The zero-order valence-corrected chi connectivity index (χ0v) is 11.7. The highest BCUT2D eigenvalue weighted by Crippen LogP contribution is 2.26. The molecule has 0 amide bonds. The summed E-state index contributed by atoms with van der Waals surface area (Å²) in [7, 11) is 1.63. The van der Waals surface area contributed by atoms with E-state index in [0.717, 1.165) is 43.1 Å². The van der Waals surface area contributed by atoms with Crippen LogP contribution < -0.4 is 9.47 Å². The number of methoxy groups -OCH3 is 1. The van der Waals surface area contributed by atoms with Crippen molar-refractivity contribution in [2.24, 2.45) is 0 Å². The van der Waals surface area contributed by atoms with E-state index in [-0.39, 0.29) is 6.10 Å². The lowest BCUT2D eigenvalue weighted by Crippen LogP contribution is -2.26. The molecule has 0 saturated carbocycles. The van der Waals surface area contributed by atoms with Gasteiger partial charge in [0.1, 0.15) is 17.6 Å². The van der Waals surface area contributed by atoms with Gasteiger partial charge in [-0.05, 0) is 18.2 Å². The Morgan fingerprint density at radius 1 is 1.37 bits per heavy atom. The number of hydrogen-bond donors (Lipinski definition) is 0. The quantitative estimate of drug-likeness (QED) is 0.629. The van der Waals surface area contributed by atoms with Crippen LogP contribution in [0.3, 0.4) is 0 Å². The average Bonchev–Trinajstić information content (AvgIpc) is 2.47. The fraction of sp³-hybridized carbons (Fsp3) is 0.467. The van der Waals surface area contributed by atoms with E-state index in [1.54, 1.807) is 7.11 Å². The number of ether oxygens (including phenoxy) is 3. The van der Waals surface area contributed by atoms with Gasteiger partial charge in [-0.1, -0.05) is 11.8 Å². The molecule has 0 atom stereocenters. The normalized spacial score (nSPS) is 15.5. The van der Waals surface area contributed by atoms with Gasteiger partial charge < -0.3 is 14.2 Å². The molecule has 102 valence electrons. The molecule has 1 heterocycles. The molecule has 19 heavy (non-hydrogen) atoms. The van der Waals surface area contributed by atoms with Crippen molar-refractivity contribution in [1.29, 1.82) is 0 Å². The van der Waals surface area contributed by atoms with E-state index >= 15 is 0 Å². The monoisotopic (exact) mass is 280 g/mol. The highest BCUT2D eigenvalue weighted by Gasteiger charge is 2.16. The molecule has 0 spiro atoms. The average molecular weight is 281 g/mol. The van der Waals surface area contributed by atoms with Crippen LogP contribution in [-0.2, 0) is 4.74 Å². The van der Waals surface area contributed by atoms with Crippen molar-refractivity contribution in [2.75, 3.05) is 26.2 Å². The van der Waals surface area contributed by atoms with Crippen molar-refractivity contribution in [3.8, 4) is 23.3 Å². The van der Waals surface area contributed by atoms with E-state index in [1.165, 1.54) is 0 Å². The molecule has 0 aliphatic carbocycles. The molecule has 0 radical (unpaired) electrons. The number of hydrogen-bond acceptors (Lipinski definition) is 3. The standard InChI is InChI=1S/C15H17ClO3/c1-17-14-4-5-15(12(11-14)3-2-8-16)19-13-6-9-18-10-7-13/h4-5,11,13H,6-10H2,1H3. The maximum Gasteiger partial charge on any atom is 0.135 e. The van der Waals surface area contributed by atoms with Crippen LogP contribution in [0.1, 0.15) is 18.4 Å². The van der Waals surface area contributed by atoms with Gasteiger partial charge in [0.05, 0.1) is 31.8 Å². The van der Waals surface area contributed by atoms with Gasteiger partial charge >= 0.3 is 0 Å². The minimum absolute atomic E-state index is 0.193. The fourth-order valence-electron chi connectivity index (χ4n) is 1.94. The first kappa shape index (κ1) is 14.0. The SMILES string of the molecule is COc1ccc(OC2CCOCC2)c(C#CCCl)c1. The summed E-state index contributed by atoms with van der Waals surface area (Å²) in [5, 5.41) is 0. The van der Waals surface area contributed by atoms with Gasteiger partial charge in [-0.25, -0.2) is 0 Å². The molecule has 3 nitrogen and oxygen atoms in total. The second-order valence-corrected chi connectivity index (χ2v) is 4.49. The summed E-state index contributed by atoms with van der Waals surface area (Å²) in [5.74, 6) is 7.70. The van der Waals surface area contributed by atoms with E-state index in [4.69, 9.17) is 25.8 Å². The van der Waals surface area contributed by atoms with Gasteiger partial charge in [-0.3, -0.25) is 0 Å². The zero-order chi connectivity index (χ0) is 13.5. The van der Waals surface area contributed by atoms with E-state index in [9.17, 15) is 0 Å². The van der Waals surface area contributed by atoms with E-state index in [1.807, 2.05) is 18.2 Å². The highest BCUT2D eigenvalue weighted by atomic mass is 35.5. The Bertz CT molecular complexity index is 470. The summed E-state index contributed by atoms with van der Waals surface area (Å²) in [6, 6.07) is 5.64. The first-order valence-corrected chi connectivity index (χ1v) is 6.84. The Kier molecular flexibility index (Phi) is 5.38. The molecule has 0 N–H and O–H groups in total. The van der Waals surface area contributed by atoms with Crippen molar-refractivity contribution in [3.63, 3.8) is 0 Å². The predicted molar refractivity (Wildman–Crippen MR) is 75.1 cm³/mol. The fourth-order valence-corrected chi connectivity index (χ4v) is 2.01. The molecule has 1 aliphatic rings. The van der Waals surface area contributed by atoms with E-state index in [0.29, 0.717) is 5.88 Å². The van der Waals surface area contributed by atoms with E-state index in [2.05, 4.69) is 11.8 Å². The number of alkyl halides is 1. The molecule has 0 aromatic heterocycles. The third kappa shape index (κ3) is 4.05. The molecular formula is C15H17ClO3. The summed E-state index contributed by atoms with van der Waals surface area (Å²) in [6.45, 7) is 1.51. The van der Waals surface area contributed by atoms with Crippen molar-refractivity contribution < 1.29 is 14.2 Å². The number of rotatable bonds is 3. The molecule has 2 rings (SSSR count). The van der Waals surface area contributed by atoms with Crippen LogP contribution in [-0.4, -0.2) is 32.3 Å². The Hall–Kier alpha value is -1.37. The molecule has 1 aromatic rings. The van der Waals surface area contributed by atoms with Gasteiger partial charge in [-0.15, -0.1) is 11.6 Å². The zero-order valence-electron chi connectivity index (χ0n) is 10.9. The topological polar surface area (TPSA) is 27.7 Å². The molecule has 4 heteroatoms. The van der Waals surface area contributed by atoms with Gasteiger partial charge in [0.2, 0.25) is 0 Å². The van der Waals surface area contributed by atoms with Gasteiger partial charge in [0.25, 0.3) is 0 Å². The minimum atomic E-state index is 0.193. The summed E-state index contributed by atoms with van der Waals surface area (Å²) in [5.41, 5.74) is 0.812. The lowest BCUT2D eigenvalue weighted by atomic mass is 10.1. The first-order valence-electron chi connectivity index (χ1n) is 6.30. The molecule has 1 aliphatic heterocycles. The van der Waals surface area contributed by atoms with E-state index < -0.39 is 0 Å². The third-order valence-corrected chi connectivity index (χ3v) is 3.07. The van der Waals surface area contributed by atoms with Crippen LogP contribution in [0.15, 0.2) is 18.2 Å². The highest BCUT2D eigenvalue weighted by molar-refractivity contribution is 6.19.